The monoisotopic (exact) mass is 195 g/mol. The summed E-state index contributed by atoms with van der Waals surface area (Å²) in [6.07, 6.45) is 11.3. The van der Waals surface area contributed by atoms with E-state index in [0.29, 0.717) is 5.92 Å². The zero-order chi connectivity index (χ0) is 9.86. The van der Waals surface area contributed by atoms with Crippen LogP contribution in [0.3, 0.4) is 0 Å². The van der Waals surface area contributed by atoms with E-state index >= 15 is 0 Å². The highest BCUT2D eigenvalue weighted by Crippen LogP contribution is 2.30. The maximum atomic E-state index is 10.3. The van der Waals surface area contributed by atoms with Crippen LogP contribution in [-0.2, 0) is 0 Å². The molecule has 0 amide bonds. The molecule has 1 aliphatic carbocycles. The van der Waals surface area contributed by atoms with Crippen molar-refractivity contribution in [3.63, 3.8) is 0 Å². The molecule has 0 aromatic carbocycles. The molecule has 2 atom stereocenters. The van der Waals surface area contributed by atoms with Gasteiger partial charge in [0.25, 0.3) is 0 Å². The Balaban J connectivity index is 1.85. The highest BCUT2D eigenvalue weighted by Gasteiger charge is 2.31. The normalized spacial score (nSPS) is 38.5. The molecule has 2 aliphatic rings. The number of hydrogen-bond donors (Lipinski definition) is 2. The largest absolute Gasteiger partial charge is 0.389 e. The van der Waals surface area contributed by atoms with E-state index in [2.05, 4.69) is 17.5 Å². The number of nitrogens with one attached hydrogen (secondary N) is 1. The molecule has 0 spiro atoms. The SMILES string of the molecule is OC1(CC2CC=CCC2)CCCNC1. The van der Waals surface area contributed by atoms with Crippen LogP contribution in [0.15, 0.2) is 12.2 Å². The summed E-state index contributed by atoms with van der Waals surface area (Å²) in [5.74, 6) is 0.713. The molecule has 1 aliphatic heterocycles. The molecule has 0 aromatic rings. The molecular formula is C12H21NO. The Morgan fingerprint density at radius 2 is 2.36 bits per heavy atom. The molecule has 1 saturated heterocycles. The van der Waals surface area contributed by atoms with Crippen LogP contribution in [0.1, 0.15) is 38.5 Å². The summed E-state index contributed by atoms with van der Waals surface area (Å²) in [6, 6.07) is 0. The summed E-state index contributed by atoms with van der Waals surface area (Å²) in [4.78, 5) is 0. The lowest BCUT2D eigenvalue weighted by Crippen LogP contribution is -2.46. The fraction of sp³-hybridized carbons (Fsp3) is 0.833. The first-order valence-corrected chi connectivity index (χ1v) is 5.87. The molecule has 0 radical (unpaired) electrons. The number of rotatable bonds is 2. The van der Waals surface area contributed by atoms with E-state index < -0.39 is 5.60 Å². The molecule has 0 bridgehead atoms. The third-order valence-corrected chi connectivity index (χ3v) is 3.50. The minimum absolute atomic E-state index is 0.409. The maximum Gasteiger partial charge on any atom is 0.0774 e. The van der Waals surface area contributed by atoms with Crippen molar-refractivity contribution in [3.05, 3.63) is 12.2 Å². The average Bonchev–Trinajstić information content (AvgIpc) is 2.19. The Kier molecular flexibility index (Phi) is 3.24. The Labute approximate surface area is 86.4 Å². The molecule has 0 saturated carbocycles. The fourth-order valence-electron chi connectivity index (χ4n) is 2.71. The summed E-state index contributed by atoms with van der Waals surface area (Å²) >= 11 is 0. The first-order chi connectivity index (χ1) is 6.79. The van der Waals surface area contributed by atoms with Crippen molar-refractivity contribution in [2.24, 2.45) is 5.92 Å². The van der Waals surface area contributed by atoms with E-state index in [1.54, 1.807) is 0 Å². The topological polar surface area (TPSA) is 32.3 Å². The van der Waals surface area contributed by atoms with Crippen LogP contribution in [0.2, 0.25) is 0 Å². The van der Waals surface area contributed by atoms with Gasteiger partial charge < -0.3 is 10.4 Å². The lowest BCUT2D eigenvalue weighted by Gasteiger charge is -2.36. The molecule has 2 unspecified atom stereocenters. The van der Waals surface area contributed by atoms with Crippen molar-refractivity contribution in [2.45, 2.75) is 44.1 Å². The Morgan fingerprint density at radius 3 is 3.00 bits per heavy atom. The van der Waals surface area contributed by atoms with E-state index in [9.17, 15) is 5.11 Å². The minimum atomic E-state index is -0.409. The van der Waals surface area contributed by atoms with Crippen molar-refractivity contribution in [3.8, 4) is 0 Å². The van der Waals surface area contributed by atoms with E-state index in [0.717, 1.165) is 32.4 Å². The Morgan fingerprint density at radius 1 is 1.43 bits per heavy atom. The van der Waals surface area contributed by atoms with Crippen molar-refractivity contribution in [1.82, 2.24) is 5.32 Å². The predicted molar refractivity (Wildman–Crippen MR) is 58.2 cm³/mol. The van der Waals surface area contributed by atoms with Gasteiger partial charge in [-0.3, -0.25) is 0 Å². The van der Waals surface area contributed by atoms with Crippen LogP contribution < -0.4 is 5.32 Å². The van der Waals surface area contributed by atoms with E-state index in [1.165, 1.54) is 19.3 Å². The molecule has 80 valence electrons. The Bertz CT molecular complexity index is 206. The molecule has 1 fully saturated rings. The quantitative estimate of drug-likeness (QED) is 0.659. The van der Waals surface area contributed by atoms with Crippen LogP contribution >= 0.6 is 0 Å². The second kappa shape index (κ2) is 4.45. The number of allylic oxidation sites excluding steroid dienone is 2. The predicted octanol–water partition coefficient (Wildman–Crippen LogP) is 1.85. The standard InChI is InChI=1S/C12H21NO/c14-12(7-4-8-13-10-12)9-11-5-2-1-3-6-11/h1-2,11,13-14H,3-10H2. The third-order valence-electron chi connectivity index (χ3n) is 3.50. The van der Waals surface area contributed by atoms with Gasteiger partial charge in [0.15, 0.2) is 0 Å². The van der Waals surface area contributed by atoms with Crippen LogP contribution in [0.25, 0.3) is 0 Å². The smallest absolute Gasteiger partial charge is 0.0774 e. The number of β-amino-alcohol motifs (C(OH)–C–C–N with tert-alkyl or cyclic N) is 1. The van der Waals surface area contributed by atoms with E-state index in [-0.39, 0.29) is 0 Å². The van der Waals surface area contributed by atoms with Gasteiger partial charge in [-0.1, -0.05) is 12.2 Å². The van der Waals surface area contributed by atoms with Gasteiger partial charge >= 0.3 is 0 Å². The van der Waals surface area contributed by atoms with Crippen molar-refractivity contribution in [2.75, 3.05) is 13.1 Å². The molecule has 2 heteroatoms. The second-order valence-corrected chi connectivity index (χ2v) is 4.86. The number of aliphatic hydroxyl groups is 1. The van der Waals surface area contributed by atoms with E-state index in [4.69, 9.17) is 0 Å². The number of hydrogen-bond acceptors (Lipinski definition) is 2. The van der Waals surface area contributed by atoms with Gasteiger partial charge in [0, 0.05) is 6.54 Å². The zero-order valence-electron chi connectivity index (χ0n) is 8.84. The first-order valence-electron chi connectivity index (χ1n) is 5.87. The highest BCUT2D eigenvalue weighted by atomic mass is 16.3. The summed E-state index contributed by atoms with van der Waals surface area (Å²) < 4.78 is 0. The molecule has 14 heavy (non-hydrogen) atoms. The minimum Gasteiger partial charge on any atom is -0.389 e. The van der Waals surface area contributed by atoms with Crippen molar-refractivity contribution >= 4 is 0 Å². The van der Waals surface area contributed by atoms with Crippen molar-refractivity contribution in [1.29, 1.82) is 0 Å². The molecule has 0 aromatic heterocycles. The lowest BCUT2D eigenvalue weighted by atomic mass is 9.80. The fourth-order valence-corrected chi connectivity index (χ4v) is 2.71. The highest BCUT2D eigenvalue weighted by molar-refractivity contribution is 4.94. The van der Waals surface area contributed by atoms with Gasteiger partial charge in [-0.15, -0.1) is 0 Å². The maximum absolute atomic E-state index is 10.3. The molecular weight excluding hydrogens is 174 g/mol. The van der Waals surface area contributed by atoms with Gasteiger partial charge in [-0.2, -0.15) is 0 Å². The first kappa shape index (κ1) is 10.2. The Hall–Kier alpha value is -0.340. The van der Waals surface area contributed by atoms with Crippen LogP contribution in [0.5, 0.6) is 0 Å². The average molecular weight is 195 g/mol. The summed E-state index contributed by atoms with van der Waals surface area (Å²) in [7, 11) is 0. The molecule has 2 N–H and O–H groups in total. The summed E-state index contributed by atoms with van der Waals surface area (Å²) in [5.41, 5.74) is -0.409. The van der Waals surface area contributed by atoms with Crippen molar-refractivity contribution < 1.29 is 5.11 Å². The second-order valence-electron chi connectivity index (χ2n) is 4.86. The van der Waals surface area contributed by atoms with Crippen LogP contribution in [0.4, 0.5) is 0 Å². The molecule has 2 rings (SSSR count). The van der Waals surface area contributed by atoms with Gasteiger partial charge in [0.05, 0.1) is 5.60 Å². The van der Waals surface area contributed by atoms with E-state index in [1.807, 2.05) is 0 Å². The van der Waals surface area contributed by atoms with Gasteiger partial charge in [-0.25, -0.2) is 0 Å². The van der Waals surface area contributed by atoms with Crippen LogP contribution in [-0.4, -0.2) is 23.8 Å². The number of piperidine rings is 1. The zero-order valence-corrected chi connectivity index (χ0v) is 8.84. The third kappa shape index (κ3) is 2.58. The summed E-state index contributed by atoms with van der Waals surface area (Å²) in [6.45, 7) is 1.88. The summed E-state index contributed by atoms with van der Waals surface area (Å²) in [5, 5.41) is 13.6. The van der Waals surface area contributed by atoms with Gasteiger partial charge in [0.1, 0.15) is 0 Å². The van der Waals surface area contributed by atoms with Crippen LogP contribution in [0, 0.1) is 5.92 Å². The van der Waals surface area contributed by atoms with Gasteiger partial charge in [-0.05, 0) is 51.0 Å². The lowest BCUT2D eigenvalue weighted by molar-refractivity contribution is -0.00683. The molecule has 1 heterocycles. The molecule has 2 nitrogen and oxygen atoms in total. The van der Waals surface area contributed by atoms with Gasteiger partial charge in [0.2, 0.25) is 0 Å².